The Morgan fingerprint density at radius 2 is 1.32 bits per heavy atom. The Morgan fingerprint density at radius 3 is 1.81 bits per heavy atom. The summed E-state index contributed by atoms with van der Waals surface area (Å²) in [6.45, 7) is 10.8. The second-order valence-electron chi connectivity index (χ2n) is 15.5. The van der Waals surface area contributed by atoms with Crippen LogP contribution in [0.4, 0.5) is 27.5 Å². The fourth-order valence-electron chi connectivity index (χ4n) is 6.84. The van der Waals surface area contributed by atoms with Crippen LogP contribution in [0.5, 0.6) is 11.5 Å². The number of benzene rings is 2. The highest BCUT2D eigenvalue weighted by atomic mass is 19.1. The zero-order valence-corrected chi connectivity index (χ0v) is 32.8. The number of tetrazole rings is 2. The molecule has 0 atom stereocenters. The molecule has 3 aliphatic heterocycles. The first-order chi connectivity index (χ1) is 27.1. The van der Waals surface area contributed by atoms with Crippen molar-refractivity contribution in [3.05, 3.63) is 69.4 Å². The van der Waals surface area contributed by atoms with E-state index in [-0.39, 0.29) is 46.8 Å². The molecule has 304 valence electrons. The number of ether oxygens (including phenoxy) is 4. The van der Waals surface area contributed by atoms with Crippen LogP contribution in [0.3, 0.4) is 0 Å². The fraction of sp³-hybridized carbons (Fsp3) is 0.500. The molecule has 3 saturated heterocycles. The molecule has 3 fully saturated rings. The fourth-order valence-corrected chi connectivity index (χ4v) is 6.84. The molecule has 2 aromatic carbocycles. The maximum absolute atomic E-state index is 14.8. The summed E-state index contributed by atoms with van der Waals surface area (Å²) < 4.78 is 41.3. The summed E-state index contributed by atoms with van der Waals surface area (Å²) in [5, 5.41) is 21.6. The number of aryl methyl sites for hydroxylation is 2. The molecule has 0 saturated carbocycles. The van der Waals surface area contributed by atoms with E-state index in [1.54, 1.807) is 36.4 Å². The molecule has 3 aliphatic rings. The highest BCUT2D eigenvalue weighted by Gasteiger charge is 2.43. The van der Waals surface area contributed by atoms with Crippen molar-refractivity contribution in [2.75, 3.05) is 49.8 Å². The number of nitrogens with zero attached hydrogens (tertiary/aromatic N) is 11. The van der Waals surface area contributed by atoms with Crippen LogP contribution in [0, 0.1) is 5.82 Å². The summed E-state index contributed by atoms with van der Waals surface area (Å²) in [6.07, 6.45) is 2.70. The van der Waals surface area contributed by atoms with E-state index in [0.29, 0.717) is 60.7 Å². The third kappa shape index (κ3) is 8.44. The van der Waals surface area contributed by atoms with Gasteiger partial charge < -0.3 is 35.3 Å². The number of anilines is 4. The van der Waals surface area contributed by atoms with E-state index in [0.717, 1.165) is 37.8 Å². The van der Waals surface area contributed by atoms with Gasteiger partial charge >= 0.3 is 11.4 Å². The summed E-state index contributed by atoms with van der Waals surface area (Å²) >= 11 is 0. The lowest BCUT2D eigenvalue weighted by Crippen LogP contribution is -2.61. The van der Waals surface area contributed by atoms with Crippen molar-refractivity contribution in [1.82, 2.24) is 54.4 Å². The molecule has 21 heteroatoms. The van der Waals surface area contributed by atoms with Gasteiger partial charge in [0.05, 0.1) is 32.6 Å². The first kappa shape index (κ1) is 39.3. The number of likely N-dealkylation sites (tertiary alicyclic amines) is 1. The van der Waals surface area contributed by atoms with Gasteiger partial charge in [0.15, 0.2) is 11.6 Å². The van der Waals surface area contributed by atoms with Crippen LogP contribution in [-0.2, 0) is 23.6 Å². The quantitative estimate of drug-likeness (QED) is 0.172. The summed E-state index contributed by atoms with van der Waals surface area (Å²) in [4.78, 5) is 35.4. The predicted octanol–water partition coefficient (Wildman–Crippen LogP) is 1.81. The first-order valence-corrected chi connectivity index (χ1v) is 18.4. The average molecular weight is 791 g/mol. The molecule has 0 bridgehead atoms. The molecule has 3 aromatic heterocycles. The highest BCUT2D eigenvalue weighted by molar-refractivity contribution is 5.63. The van der Waals surface area contributed by atoms with Crippen molar-refractivity contribution in [3.8, 4) is 22.9 Å². The zero-order chi connectivity index (χ0) is 40.6. The number of piperidine rings is 1. The van der Waals surface area contributed by atoms with Gasteiger partial charge in [0.25, 0.3) is 0 Å². The SMILES string of the molecule is CN1C(C)(C)CC(Nc2nc(Nc3ccc(OC4COC4)c(-n4nnn(C)c4=O)c3)ncc2F)CC1(C)C.Cn1nnn(-c2cc(N)ccc2OC2COC2)c1=O. The van der Waals surface area contributed by atoms with E-state index in [1.807, 2.05) is 0 Å². The van der Waals surface area contributed by atoms with E-state index in [1.165, 1.54) is 14.1 Å². The normalized spacial score (nSPS) is 18.2. The Kier molecular flexibility index (Phi) is 10.7. The van der Waals surface area contributed by atoms with Gasteiger partial charge in [-0.05, 0) is 105 Å². The van der Waals surface area contributed by atoms with E-state index in [4.69, 9.17) is 24.7 Å². The highest BCUT2D eigenvalue weighted by Crippen LogP contribution is 2.38. The Balaban J connectivity index is 0.000000218. The van der Waals surface area contributed by atoms with Gasteiger partial charge in [0.2, 0.25) is 5.95 Å². The summed E-state index contributed by atoms with van der Waals surface area (Å²) in [5.41, 5.74) is 6.80. The summed E-state index contributed by atoms with van der Waals surface area (Å²) in [5.74, 6) is 0.813. The lowest BCUT2D eigenvalue weighted by Gasteiger charge is -2.53. The van der Waals surface area contributed by atoms with Crippen LogP contribution in [0.15, 0.2) is 52.2 Å². The number of aromatic nitrogens is 10. The van der Waals surface area contributed by atoms with Gasteiger partial charge in [-0.15, -0.1) is 0 Å². The van der Waals surface area contributed by atoms with Gasteiger partial charge in [-0.1, -0.05) is 0 Å². The number of nitrogen functional groups attached to an aromatic ring is 1. The number of nitrogens with two attached hydrogens (primary N) is 1. The predicted molar refractivity (Wildman–Crippen MR) is 206 cm³/mol. The van der Waals surface area contributed by atoms with Gasteiger partial charge in [-0.25, -0.2) is 19.0 Å². The van der Waals surface area contributed by atoms with Gasteiger partial charge in [-0.3, -0.25) is 4.90 Å². The van der Waals surface area contributed by atoms with Crippen molar-refractivity contribution in [3.63, 3.8) is 0 Å². The minimum absolute atomic E-state index is 0.00486. The smallest absolute Gasteiger partial charge is 0.368 e. The van der Waals surface area contributed by atoms with Crippen LogP contribution in [0.2, 0.25) is 0 Å². The monoisotopic (exact) mass is 790 g/mol. The maximum atomic E-state index is 14.8. The van der Waals surface area contributed by atoms with Crippen LogP contribution >= 0.6 is 0 Å². The van der Waals surface area contributed by atoms with Gasteiger partial charge in [0.1, 0.15) is 35.1 Å². The van der Waals surface area contributed by atoms with Crippen molar-refractivity contribution in [2.24, 2.45) is 14.1 Å². The van der Waals surface area contributed by atoms with Gasteiger partial charge in [-0.2, -0.15) is 23.7 Å². The van der Waals surface area contributed by atoms with Crippen LogP contribution in [-0.4, -0.2) is 117 Å². The Bertz CT molecular complexity index is 2330. The van der Waals surface area contributed by atoms with E-state index in [9.17, 15) is 14.0 Å². The number of nitrogens with one attached hydrogen (secondary N) is 2. The molecule has 6 heterocycles. The van der Waals surface area contributed by atoms with Crippen LogP contribution < -0.4 is 37.2 Å². The number of rotatable bonds is 10. The second kappa shape index (κ2) is 15.5. The molecule has 4 N–H and O–H groups in total. The third-order valence-electron chi connectivity index (χ3n) is 10.3. The van der Waals surface area contributed by atoms with Crippen LogP contribution in [0.25, 0.3) is 11.4 Å². The maximum Gasteiger partial charge on any atom is 0.368 e. The summed E-state index contributed by atoms with van der Waals surface area (Å²) in [7, 11) is 5.17. The lowest BCUT2D eigenvalue weighted by atomic mass is 9.77. The third-order valence-corrected chi connectivity index (χ3v) is 10.3. The number of hydrogen-bond donors (Lipinski definition) is 3. The molecule has 57 heavy (non-hydrogen) atoms. The Morgan fingerprint density at radius 1 is 0.789 bits per heavy atom. The molecular weight excluding hydrogens is 743 g/mol. The minimum atomic E-state index is -0.525. The zero-order valence-electron chi connectivity index (χ0n) is 32.8. The molecule has 0 aliphatic carbocycles. The Labute approximate surface area is 326 Å². The molecule has 0 amide bonds. The topological polar surface area (TPSA) is 221 Å². The number of hydrogen-bond acceptors (Lipinski definition) is 16. The molecule has 5 aromatic rings. The average Bonchev–Trinajstić information content (AvgIpc) is 3.64. The molecular formula is C36H47FN14O6. The molecule has 20 nitrogen and oxygen atoms in total. The van der Waals surface area contributed by atoms with Crippen LogP contribution in [0.1, 0.15) is 40.5 Å². The molecule has 0 unspecified atom stereocenters. The van der Waals surface area contributed by atoms with E-state index in [2.05, 4.69) is 81.1 Å². The second-order valence-corrected chi connectivity index (χ2v) is 15.5. The molecule has 8 rings (SSSR count). The minimum Gasteiger partial charge on any atom is -0.483 e. The Hall–Kier alpha value is -5.93. The lowest BCUT2D eigenvalue weighted by molar-refractivity contribution is -0.0797. The van der Waals surface area contributed by atoms with Crippen molar-refractivity contribution in [1.29, 1.82) is 0 Å². The molecule has 0 spiro atoms. The van der Waals surface area contributed by atoms with E-state index >= 15 is 0 Å². The van der Waals surface area contributed by atoms with Crippen molar-refractivity contribution >= 4 is 23.1 Å². The van der Waals surface area contributed by atoms with Gasteiger partial charge in [0, 0.05) is 42.6 Å². The standard InChI is InChI=1S/C25H34FN9O3.C11H13N5O3/c1-24(2)10-16(11-25(3,4)34(24)6)28-21-18(26)12-27-22(30-21)29-15-7-8-20(38-17-13-37-14-17)19(9-15)35-23(36)33(5)31-32-35;1-15-11(17)16(14-13-15)9-4-7(12)2-3-10(9)19-8-5-18-6-8/h7-9,12,16-17H,10-11,13-14H2,1-6H3,(H2,27,28,29,30);2-4,8H,5-6,12H2,1H3. The van der Waals surface area contributed by atoms with Crippen molar-refractivity contribution in [2.45, 2.75) is 69.9 Å². The molecule has 0 radical (unpaired) electrons. The number of halogens is 1. The first-order valence-electron chi connectivity index (χ1n) is 18.4. The largest absolute Gasteiger partial charge is 0.483 e. The van der Waals surface area contributed by atoms with Crippen molar-refractivity contribution < 1.29 is 23.3 Å². The van der Waals surface area contributed by atoms with E-state index < -0.39 is 11.5 Å². The summed E-state index contributed by atoms with van der Waals surface area (Å²) in [6, 6.07) is 10.3.